The van der Waals surface area contributed by atoms with Gasteiger partial charge in [-0.2, -0.15) is 0 Å². The number of rotatable bonds is 3. The first-order chi connectivity index (χ1) is 11.4. The number of carbonyl (C=O) groups is 2. The average Bonchev–Trinajstić information content (AvgIpc) is 2.89. The normalized spacial score (nSPS) is 17.2. The van der Waals surface area contributed by atoms with Crippen LogP contribution in [0.5, 0.6) is 0 Å². The van der Waals surface area contributed by atoms with Gasteiger partial charge in [-0.3, -0.25) is 14.4 Å². The first kappa shape index (κ1) is 15.9. The van der Waals surface area contributed by atoms with E-state index in [0.717, 1.165) is 11.3 Å². The molecule has 0 aliphatic carbocycles. The minimum Gasteiger partial charge on any atom is -0.312 e. The molecule has 1 aromatic carbocycles. The summed E-state index contributed by atoms with van der Waals surface area (Å²) in [6.45, 7) is 3.92. The van der Waals surface area contributed by atoms with E-state index >= 15 is 0 Å². The molecule has 2 heterocycles. The van der Waals surface area contributed by atoms with Gasteiger partial charge in [-0.15, -0.1) is 0 Å². The van der Waals surface area contributed by atoms with Crippen LogP contribution in [0.4, 0.5) is 11.5 Å². The Hall–Kier alpha value is -2.96. The number of benzene rings is 1. The lowest BCUT2D eigenvalue weighted by Crippen LogP contribution is -2.28. The van der Waals surface area contributed by atoms with Gasteiger partial charge in [0, 0.05) is 24.7 Å². The summed E-state index contributed by atoms with van der Waals surface area (Å²) in [6, 6.07) is 8.82. The lowest BCUT2D eigenvalue weighted by atomic mass is 10.1. The maximum absolute atomic E-state index is 12.4. The lowest BCUT2D eigenvalue weighted by molar-refractivity contribution is -0.122. The molecule has 3 rings (SSSR count). The smallest absolute Gasteiger partial charge is 0.252 e. The van der Waals surface area contributed by atoms with Crippen molar-refractivity contribution in [3.8, 4) is 0 Å². The van der Waals surface area contributed by atoms with Crippen molar-refractivity contribution in [3.63, 3.8) is 0 Å². The topological polar surface area (TPSA) is 95.2 Å². The summed E-state index contributed by atoms with van der Waals surface area (Å²) >= 11 is 0. The van der Waals surface area contributed by atoms with Crippen LogP contribution in [-0.2, 0) is 9.59 Å². The molecule has 2 amide bonds. The molecule has 2 aromatic rings. The minimum absolute atomic E-state index is 0.0888. The van der Waals surface area contributed by atoms with Crippen LogP contribution in [-0.4, -0.2) is 28.3 Å². The number of aryl methyl sites for hydroxylation is 2. The summed E-state index contributed by atoms with van der Waals surface area (Å²) in [5, 5.41) is 2.62. The van der Waals surface area contributed by atoms with Gasteiger partial charge < -0.3 is 15.2 Å². The summed E-state index contributed by atoms with van der Waals surface area (Å²) in [5.74, 6) is -0.256. The van der Waals surface area contributed by atoms with Gasteiger partial charge in [0.1, 0.15) is 11.6 Å². The van der Waals surface area contributed by atoms with Crippen LogP contribution in [0, 0.1) is 19.8 Å². The van der Waals surface area contributed by atoms with Gasteiger partial charge in [0.05, 0.1) is 5.92 Å². The Bertz CT molecular complexity index is 842. The molecular weight excluding hydrogens is 308 g/mol. The third-order valence-electron chi connectivity index (χ3n) is 3.95. The van der Waals surface area contributed by atoms with Crippen molar-refractivity contribution in [1.29, 1.82) is 0 Å². The number of anilines is 2. The monoisotopic (exact) mass is 326 g/mol. The summed E-state index contributed by atoms with van der Waals surface area (Å²) in [7, 11) is 0. The molecule has 7 heteroatoms. The second-order valence-electron chi connectivity index (χ2n) is 5.95. The third-order valence-corrected chi connectivity index (χ3v) is 3.95. The standard InChI is InChI=1S/C17H18N4O3/c1-10-3-5-13(6-4-10)21-9-12(7-16(21)23)17(24)20-14-8-15(22)19-11(2)18-14/h3-6,8,12H,7,9H2,1-2H3,(H2,18,19,20,22,24). The van der Waals surface area contributed by atoms with E-state index in [9.17, 15) is 14.4 Å². The van der Waals surface area contributed by atoms with E-state index in [2.05, 4.69) is 15.3 Å². The largest absolute Gasteiger partial charge is 0.312 e. The second kappa shape index (κ2) is 6.27. The molecule has 1 fully saturated rings. The fourth-order valence-electron chi connectivity index (χ4n) is 2.73. The van der Waals surface area contributed by atoms with E-state index in [1.807, 2.05) is 31.2 Å². The zero-order valence-corrected chi connectivity index (χ0v) is 13.5. The van der Waals surface area contributed by atoms with Crippen LogP contribution < -0.4 is 15.8 Å². The Balaban J connectivity index is 1.71. The maximum Gasteiger partial charge on any atom is 0.252 e. The van der Waals surface area contributed by atoms with E-state index in [4.69, 9.17) is 0 Å². The van der Waals surface area contributed by atoms with Gasteiger partial charge in [0.15, 0.2) is 0 Å². The number of nitrogens with one attached hydrogen (secondary N) is 2. The van der Waals surface area contributed by atoms with E-state index in [-0.39, 0.29) is 29.6 Å². The number of aromatic nitrogens is 2. The summed E-state index contributed by atoms with van der Waals surface area (Å²) in [6.07, 6.45) is 0.141. The molecule has 0 spiro atoms. The molecule has 0 radical (unpaired) electrons. The van der Waals surface area contributed by atoms with Gasteiger partial charge in [0.2, 0.25) is 11.8 Å². The number of aromatic amines is 1. The molecule has 1 saturated heterocycles. The zero-order chi connectivity index (χ0) is 17.3. The quantitative estimate of drug-likeness (QED) is 0.891. The highest BCUT2D eigenvalue weighted by molar-refractivity contribution is 6.03. The molecule has 2 N–H and O–H groups in total. The van der Waals surface area contributed by atoms with E-state index in [1.165, 1.54) is 6.07 Å². The first-order valence-electron chi connectivity index (χ1n) is 7.68. The predicted octanol–water partition coefficient (Wildman–Crippen LogP) is 1.38. The van der Waals surface area contributed by atoms with Crippen LogP contribution in [0.2, 0.25) is 0 Å². The van der Waals surface area contributed by atoms with Gasteiger partial charge in [-0.25, -0.2) is 4.98 Å². The number of hydrogen-bond donors (Lipinski definition) is 2. The second-order valence-corrected chi connectivity index (χ2v) is 5.95. The van der Waals surface area contributed by atoms with Crippen molar-refractivity contribution >= 4 is 23.3 Å². The van der Waals surface area contributed by atoms with Crippen LogP contribution in [0.15, 0.2) is 35.1 Å². The Labute approximate surface area is 138 Å². The zero-order valence-electron chi connectivity index (χ0n) is 13.5. The van der Waals surface area contributed by atoms with E-state index in [0.29, 0.717) is 12.4 Å². The molecule has 1 aromatic heterocycles. The molecule has 0 saturated carbocycles. The highest BCUT2D eigenvalue weighted by Crippen LogP contribution is 2.26. The minimum atomic E-state index is -0.472. The number of nitrogens with zero attached hydrogens (tertiary/aromatic N) is 2. The van der Waals surface area contributed by atoms with E-state index in [1.54, 1.807) is 11.8 Å². The third kappa shape index (κ3) is 3.34. The van der Waals surface area contributed by atoms with Crippen LogP contribution >= 0.6 is 0 Å². The summed E-state index contributed by atoms with van der Waals surface area (Å²) in [4.78, 5) is 44.2. The van der Waals surface area contributed by atoms with Crippen molar-refractivity contribution in [2.24, 2.45) is 5.92 Å². The van der Waals surface area contributed by atoms with Gasteiger partial charge >= 0.3 is 0 Å². The maximum atomic E-state index is 12.4. The van der Waals surface area contributed by atoms with Crippen molar-refractivity contribution < 1.29 is 9.59 Å². The highest BCUT2D eigenvalue weighted by Gasteiger charge is 2.35. The predicted molar refractivity (Wildman–Crippen MR) is 89.9 cm³/mol. The fraction of sp³-hybridized carbons (Fsp3) is 0.294. The van der Waals surface area contributed by atoms with Gasteiger partial charge in [-0.1, -0.05) is 17.7 Å². The van der Waals surface area contributed by atoms with Crippen molar-refractivity contribution in [2.75, 3.05) is 16.8 Å². The fourth-order valence-corrected chi connectivity index (χ4v) is 2.73. The number of amides is 2. The Morgan fingerprint density at radius 3 is 2.62 bits per heavy atom. The summed E-state index contributed by atoms with van der Waals surface area (Å²) in [5.41, 5.74) is 1.56. The van der Waals surface area contributed by atoms with Gasteiger partial charge in [0.25, 0.3) is 5.56 Å². The van der Waals surface area contributed by atoms with Crippen LogP contribution in [0.1, 0.15) is 17.8 Å². The number of hydrogen-bond acceptors (Lipinski definition) is 4. The Morgan fingerprint density at radius 1 is 1.25 bits per heavy atom. The van der Waals surface area contributed by atoms with Gasteiger partial charge in [-0.05, 0) is 26.0 Å². The molecule has 124 valence electrons. The van der Waals surface area contributed by atoms with E-state index < -0.39 is 5.92 Å². The molecule has 0 bridgehead atoms. The molecule has 1 unspecified atom stereocenters. The lowest BCUT2D eigenvalue weighted by Gasteiger charge is -2.16. The first-order valence-corrected chi connectivity index (χ1v) is 7.68. The van der Waals surface area contributed by atoms with Crippen LogP contribution in [0.3, 0.4) is 0 Å². The Morgan fingerprint density at radius 2 is 1.96 bits per heavy atom. The van der Waals surface area contributed by atoms with Crippen molar-refractivity contribution in [3.05, 3.63) is 52.1 Å². The SMILES string of the molecule is Cc1ccc(N2CC(C(=O)Nc3cc(=O)[nH]c(C)n3)CC2=O)cc1. The van der Waals surface area contributed by atoms with Crippen molar-refractivity contribution in [2.45, 2.75) is 20.3 Å². The molecule has 1 atom stereocenters. The van der Waals surface area contributed by atoms with Crippen LogP contribution in [0.25, 0.3) is 0 Å². The number of carbonyl (C=O) groups excluding carboxylic acids is 2. The summed E-state index contributed by atoms with van der Waals surface area (Å²) < 4.78 is 0. The van der Waals surface area contributed by atoms with Crippen molar-refractivity contribution in [1.82, 2.24) is 9.97 Å². The molecule has 1 aliphatic heterocycles. The highest BCUT2D eigenvalue weighted by atomic mass is 16.2. The molecular formula is C17H18N4O3. The number of H-pyrrole nitrogens is 1. The molecule has 1 aliphatic rings. The molecule has 7 nitrogen and oxygen atoms in total. The molecule has 24 heavy (non-hydrogen) atoms. The Kier molecular flexibility index (Phi) is 4.16. The average molecular weight is 326 g/mol.